The SMILES string of the molecule is CC(=O)c1cc(F)ccc1OCC(=O)NC(C)c1ccccc1Cl. The van der Waals surface area contributed by atoms with Crippen molar-refractivity contribution in [2.24, 2.45) is 0 Å². The van der Waals surface area contributed by atoms with Crippen LogP contribution in [-0.4, -0.2) is 18.3 Å². The van der Waals surface area contributed by atoms with Gasteiger partial charge in [-0.15, -0.1) is 0 Å². The molecule has 0 saturated heterocycles. The number of ketones is 1. The van der Waals surface area contributed by atoms with E-state index in [0.717, 1.165) is 11.6 Å². The van der Waals surface area contributed by atoms with Gasteiger partial charge < -0.3 is 10.1 Å². The van der Waals surface area contributed by atoms with Crippen LogP contribution in [0.5, 0.6) is 5.75 Å². The van der Waals surface area contributed by atoms with E-state index in [4.69, 9.17) is 16.3 Å². The summed E-state index contributed by atoms with van der Waals surface area (Å²) in [6.07, 6.45) is 0. The number of ether oxygens (including phenoxy) is 1. The average Bonchev–Trinajstić information content (AvgIpc) is 2.53. The van der Waals surface area contributed by atoms with Crippen molar-refractivity contribution in [1.82, 2.24) is 5.32 Å². The molecule has 1 N–H and O–H groups in total. The number of Topliss-reactive ketones (excluding diaryl/α,β-unsaturated/α-hetero) is 1. The molecule has 1 unspecified atom stereocenters. The van der Waals surface area contributed by atoms with Crippen LogP contribution in [0.2, 0.25) is 5.02 Å². The van der Waals surface area contributed by atoms with E-state index in [0.29, 0.717) is 5.02 Å². The maximum Gasteiger partial charge on any atom is 0.258 e. The topological polar surface area (TPSA) is 55.4 Å². The fourth-order valence-corrected chi connectivity index (χ4v) is 2.53. The second-order valence-corrected chi connectivity index (χ2v) is 5.70. The van der Waals surface area contributed by atoms with E-state index in [1.807, 2.05) is 12.1 Å². The van der Waals surface area contributed by atoms with E-state index in [-0.39, 0.29) is 35.7 Å². The molecule has 0 fully saturated rings. The van der Waals surface area contributed by atoms with E-state index >= 15 is 0 Å². The molecule has 0 spiro atoms. The Bertz CT molecular complexity index is 764. The molecular weight excluding hydrogens is 333 g/mol. The standard InChI is InChI=1S/C18H17ClFNO3/c1-11(14-5-3-4-6-16(14)19)21-18(23)10-24-17-8-7-13(20)9-15(17)12(2)22/h3-9,11H,10H2,1-2H3,(H,21,23). The molecule has 0 aromatic heterocycles. The number of carbonyl (C=O) groups is 2. The summed E-state index contributed by atoms with van der Waals surface area (Å²) in [4.78, 5) is 23.5. The van der Waals surface area contributed by atoms with Gasteiger partial charge in [0.1, 0.15) is 11.6 Å². The van der Waals surface area contributed by atoms with Crippen LogP contribution in [0.25, 0.3) is 0 Å². The summed E-state index contributed by atoms with van der Waals surface area (Å²) >= 11 is 6.09. The van der Waals surface area contributed by atoms with E-state index in [1.165, 1.54) is 19.1 Å². The Labute approximate surface area is 144 Å². The molecule has 6 heteroatoms. The first-order valence-corrected chi connectivity index (χ1v) is 7.73. The zero-order valence-electron chi connectivity index (χ0n) is 13.3. The van der Waals surface area contributed by atoms with Crippen molar-refractivity contribution in [2.75, 3.05) is 6.61 Å². The lowest BCUT2D eigenvalue weighted by molar-refractivity contribution is -0.123. The number of hydrogen-bond acceptors (Lipinski definition) is 3. The van der Waals surface area contributed by atoms with E-state index in [2.05, 4.69) is 5.32 Å². The fraction of sp³-hybridized carbons (Fsp3) is 0.222. The Morgan fingerprint density at radius 3 is 2.62 bits per heavy atom. The maximum atomic E-state index is 13.2. The lowest BCUT2D eigenvalue weighted by Crippen LogP contribution is -2.31. The molecule has 2 aromatic carbocycles. The van der Waals surface area contributed by atoms with Crippen LogP contribution in [-0.2, 0) is 4.79 Å². The molecule has 0 radical (unpaired) electrons. The highest BCUT2D eigenvalue weighted by molar-refractivity contribution is 6.31. The molecule has 0 aliphatic heterocycles. The third-order valence-corrected chi connectivity index (χ3v) is 3.77. The second kappa shape index (κ2) is 7.93. The normalized spacial score (nSPS) is 11.7. The van der Waals surface area contributed by atoms with Crippen LogP contribution in [0.4, 0.5) is 4.39 Å². The van der Waals surface area contributed by atoms with Crippen LogP contribution in [0, 0.1) is 5.82 Å². The number of hydrogen-bond donors (Lipinski definition) is 1. The first-order chi connectivity index (χ1) is 11.4. The van der Waals surface area contributed by atoms with Crippen LogP contribution < -0.4 is 10.1 Å². The number of halogens is 2. The minimum absolute atomic E-state index is 0.0990. The summed E-state index contributed by atoms with van der Waals surface area (Å²) in [5, 5.41) is 3.32. The van der Waals surface area contributed by atoms with Crippen LogP contribution in [0.15, 0.2) is 42.5 Å². The molecule has 0 heterocycles. The molecule has 1 amide bonds. The second-order valence-electron chi connectivity index (χ2n) is 5.30. The van der Waals surface area contributed by atoms with Gasteiger partial charge >= 0.3 is 0 Å². The summed E-state index contributed by atoms with van der Waals surface area (Å²) in [7, 11) is 0. The third kappa shape index (κ3) is 4.55. The summed E-state index contributed by atoms with van der Waals surface area (Å²) < 4.78 is 18.6. The van der Waals surface area contributed by atoms with E-state index in [9.17, 15) is 14.0 Å². The van der Waals surface area contributed by atoms with Gasteiger partial charge in [0.05, 0.1) is 11.6 Å². The zero-order chi connectivity index (χ0) is 17.7. The number of amides is 1. The monoisotopic (exact) mass is 349 g/mol. The van der Waals surface area contributed by atoms with Crippen molar-refractivity contribution < 1.29 is 18.7 Å². The summed E-state index contributed by atoms with van der Waals surface area (Å²) in [6, 6.07) is 10.5. The quantitative estimate of drug-likeness (QED) is 0.804. The first kappa shape index (κ1) is 17.9. The maximum absolute atomic E-state index is 13.2. The minimum Gasteiger partial charge on any atom is -0.483 e. The van der Waals surface area contributed by atoms with Gasteiger partial charge in [0.25, 0.3) is 5.91 Å². The van der Waals surface area contributed by atoms with Gasteiger partial charge in [-0.3, -0.25) is 9.59 Å². The van der Waals surface area contributed by atoms with Gasteiger partial charge in [0.15, 0.2) is 12.4 Å². The lowest BCUT2D eigenvalue weighted by Gasteiger charge is -2.16. The van der Waals surface area contributed by atoms with Crippen LogP contribution >= 0.6 is 11.6 Å². The van der Waals surface area contributed by atoms with Crippen molar-refractivity contribution in [3.8, 4) is 5.75 Å². The summed E-state index contributed by atoms with van der Waals surface area (Å²) in [5.41, 5.74) is 0.890. The molecule has 0 aliphatic rings. The fourth-order valence-electron chi connectivity index (χ4n) is 2.23. The highest BCUT2D eigenvalue weighted by atomic mass is 35.5. The van der Waals surface area contributed by atoms with Crippen molar-refractivity contribution in [3.05, 3.63) is 64.4 Å². The van der Waals surface area contributed by atoms with Crippen LogP contribution in [0.3, 0.4) is 0 Å². The van der Waals surface area contributed by atoms with Crippen molar-refractivity contribution in [3.63, 3.8) is 0 Å². The van der Waals surface area contributed by atoms with Gasteiger partial charge in [-0.2, -0.15) is 0 Å². The summed E-state index contributed by atoms with van der Waals surface area (Å²) in [5.74, 6) is -1.08. The number of rotatable bonds is 6. The Balaban J connectivity index is 1.99. The molecule has 0 aliphatic carbocycles. The van der Waals surface area contributed by atoms with E-state index < -0.39 is 5.82 Å². The third-order valence-electron chi connectivity index (χ3n) is 3.43. The molecule has 4 nitrogen and oxygen atoms in total. The van der Waals surface area contributed by atoms with Gasteiger partial charge in [-0.25, -0.2) is 4.39 Å². The molecular formula is C18H17ClFNO3. The average molecular weight is 350 g/mol. The first-order valence-electron chi connectivity index (χ1n) is 7.35. The molecule has 126 valence electrons. The molecule has 1 atom stereocenters. The summed E-state index contributed by atoms with van der Waals surface area (Å²) in [6.45, 7) is 2.82. The molecule has 0 saturated carbocycles. The molecule has 2 rings (SSSR count). The smallest absolute Gasteiger partial charge is 0.258 e. The lowest BCUT2D eigenvalue weighted by atomic mass is 10.1. The molecule has 0 bridgehead atoms. The minimum atomic E-state index is -0.538. The van der Waals surface area contributed by atoms with E-state index in [1.54, 1.807) is 19.1 Å². The largest absolute Gasteiger partial charge is 0.483 e. The highest BCUT2D eigenvalue weighted by Gasteiger charge is 2.15. The Hall–Kier alpha value is -2.40. The van der Waals surface area contributed by atoms with Gasteiger partial charge in [-0.1, -0.05) is 29.8 Å². The molecule has 2 aromatic rings. The van der Waals surface area contributed by atoms with Crippen LogP contribution in [0.1, 0.15) is 35.8 Å². The molecule has 24 heavy (non-hydrogen) atoms. The Morgan fingerprint density at radius 2 is 1.96 bits per heavy atom. The predicted molar refractivity (Wildman–Crippen MR) is 89.9 cm³/mol. The Kier molecular flexibility index (Phi) is 5.93. The number of carbonyl (C=O) groups excluding carboxylic acids is 2. The van der Waals surface area contributed by atoms with Crippen molar-refractivity contribution >= 4 is 23.3 Å². The zero-order valence-corrected chi connectivity index (χ0v) is 14.1. The number of benzene rings is 2. The Morgan fingerprint density at radius 1 is 1.25 bits per heavy atom. The van der Waals surface area contributed by atoms with Gasteiger partial charge in [0.2, 0.25) is 0 Å². The number of nitrogens with one attached hydrogen (secondary N) is 1. The predicted octanol–water partition coefficient (Wildman–Crippen LogP) is 3.94. The van der Waals surface area contributed by atoms with Crippen molar-refractivity contribution in [2.45, 2.75) is 19.9 Å². The van der Waals surface area contributed by atoms with Gasteiger partial charge in [-0.05, 0) is 43.7 Å². The van der Waals surface area contributed by atoms with Crippen molar-refractivity contribution in [1.29, 1.82) is 0 Å². The highest BCUT2D eigenvalue weighted by Crippen LogP contribution is 2.23. The van der Waals surface area contributed by atoms with Gasteiger partial charge in [0, 0.05) is 5.02 Å².